The molecule has 0 aliphatic carbocycles. The minimum absolute atomic E-state index is 0.0552. The summed E-state index contributed by atoms with van der Waals surface area (Å²) >= 11 is 0. The summed E-state index contributed by atoms with van der Waals surface area (Å²) in [5, 5.41) is 8.85. The van der Waals surface area contributed by atoms with E-state index < -0.39 is 35.1 Å². The van der Waals surface area contributed by atoms with E-state index in [9.17, 15) is 22.8 Å². The van der Waals surface area contributed by atoms with Gasteiger partial charge in [0.25, 0.3) is 5.91 Å². The molecule has 1 amide bonds. The lowest BCUT2D eigenvalue weighted by atomic mass is 10.1. The molecular formula is C13H12F3NO3. The van der Waals surface area contributed by atoms with Crippen LogP contribution in [0, 0.1) is 5.92 Å². The third-order valence-corrected chi connectivity index (χ3v) is 3.29. The van der Waals surface area contributed by atoms with E-state index in [1.165, 1.54) is 12.1 Å². The van der Waals surface area contributed by atoms with E-state index in [-0.39, 0.29) is 19.5 Å². The molecule has 1 saturated heterocycles. The fourth-order valence-electron chi connectivity index (χ4n) is 2.23. The van der Waals surface area contributed by atoms with Crippen molar-refractivity contribution in [3.05, 3.63) is 35.4 Å². The number of aliphatic carboxylic acids is 1. The first-order valence-electron chi connectivity index (χ1n) is 5.99. The number of halogens is 3. The van der Waals surface area contributed by atoms with Crippen LogP contribution in [-0.4, -0.2) is 35.0 Å². The molecule has 1 aliphatic rings. The van der Waals surface area contributed by atoms with Crippen LogP contribution in [0.3, 0.4) is 0 Å². The van der Waals surface area contributed by atoms with Gasteiger partial charge in [0, 0.05) is 13.1 Å². The summed E-state index contributed by atoms with van der Waals surface area (Å²) in [5.41, 5.74) is -1.44. The molecule has 1 aromatic carbocycles. The van der Waals surface area contributed by atoms with Crippen molar-refractivity contribution in [2.24, 2.45) is 5.92 Å². The van der Waals surface area contributed by atoms with Crippen LogP contribution in [-0.2, 0) is 11.0 Å². The predicted molar refractivity (Wildman–Crippen MR) is 63.1 cm³/mol. The van der Waals surface area contributed by atoms with Crippen molar-refractivity contribution in [1.82, 2.24) is 4.90 Å². The Morgan fingerprint density at radius 2 is 1.90 bits per heavy atom. The molecule has 7 heteroatoms. The number of amides is 1. The van der Waals surface area contributed by atoms with Gasteiger partial charge in [-0.05, 0) is 18.6 Å². The van der Waals surface area contributed by atoms with Gasteiger partial charge < -0.3 is 10.0 Å². The topological polar surface area (TPSA) is 57.6 Å². The fraction of sp³-hybridized carbons (Fsp3) is 0.385. The standard InChI is InChI=1S/C13H12F3NO3/c14-13(15,16)10-4-2-1-3-9(10)11(18)17-6-5-8(7-17)12(19)20/h1-4,8H,5-7H2,(H,19,20). The Morgan fingerprint density at radius 3 is 2.45 bits per heavy atom. The van der Waals surface area contributed by atoms with Crippen LogP contribution in [0.5, 0.6) is 0 Å². The van der Waals surface area contributed by atoms with Gasteiger partial charge in [-0.1, -0.05) is 12.1 Å². The highest BCUT2D eigenvalue weighted by Crippen LogP contribution is 2.33. The molecule has 1 aliphatic heterocycles. The van der Waals surface area contributed by atoms with Gasteiger partial charge >= 0.3 is 12.1 Å². The summed E-state index contributed by atoms with van der Waals surface area (Å²) in [7, 11) is 0. The molecule has 1 N–H and O–H groups in total. The maximum atomic E-state index is 12.8. The first-order valence-corrected chi connectivity index (χ1v) is 5.99. The zero-order valence-electron chi connectivity index (χ0n) is 10.4. The Hall–Kier alpha value is -2.05. The minimum atomic E-state index is -4.61. The molecule has 0 bridgehead atoms. The summed E-state index contributed by atoms with van der Waals surface area (Å²) < 4.78 is 38.5. The van der Waals surface area contributed by atoms with Crippen molar-refractivity contribution in [2.75, 3.05) is 13.1 Å². The molecule has 1 unspecified atom stereocenters. The second-order valence-corrected chi connectivity index (χ2v) is 4.62. The largest absolute Gasteiger partial charge is 0.481 e. The van der Waals surface area contributed by atoms with Crippen molar-refractivity contribution >= 4 is 11.9 Å². The molecule has 0 saturated carbocycles. The van der Waals surface area contributed by atoms with Gasteiger partial charge in [0.1, 0.15) is 0 Å². The Balaban J connectivity index is 2.25. The number of carboxylic acid groups (broad SMARTS) is 1. The van der Waals surface area contributed by atoms with Gasteiger partial charge in [-0.3, -0.25) is 9.59 Å². The maximum Gasteiger partial charge on any atom is 0.417 e. The second-order valence-electron chi connectivity index (χ2n) is 4.62. The van der Waals surface area contributed by atoms with Crippen molar-refractivity contribution in [2.45, 2.75) is 12.6 Å². The average Bonchev–Trinajstić information content (AvgIpc) is 2.86. The van der Waals surface area contributed by atoms with E-state index in [2.05, 4.69) is 0 Å². The number of hydrogen-bond acceptors (Lipinski definition) is 2. The summed E-state index contributed by atoms with van der Waals surface area (Å²) in [5.74, 6) is -2.52. The summed E-state index contributed by atoms with van der Waals surface area (Å²) in [6.07, 6.45) is -4.35. The van der Waals surface area contributed by atoms with Crippen LogP contribution in [0.1, 0.15) is 22.3 Å². The number of alkyl halides is 3. The summed E-state index contributed by atoms with van der Waals surface area (Å²) in [6, 6.07) is 4.52. The van der Waals surface area contributed by atoms with Crippen LogP contribution < -0.4 is 0 Å². The predicted octanol–water partition coefficient (Wildman–Crippen LogP) is 2.25. The van der Waals surface area contributed by atoms with E-state index >= 15 is 0 Å². The average molecular weight is 287 g/mol. The quantitative estimate of drug-likeness (QED) is 0.907. The number of benzene rings is 1. The third kappa shape index (κ3) is 2.76. The van der Waals surface area contributed by atoms with Crippen LogP contribution in [0.25, 0.3) is 0 Å². The number of rotatable bonds is 2. The third-order valence-electron chi connectivity index (χ3n) is 3.29. The minimum Gasteiger partial charge on any atom is -0.481 e. The monoisotopic (exact) mass is 287 g/mol. The molecule has 2 rings (SSSR count). The summed E-state index contributed by atoms with van der Waals surface area (Å²) in [4.78, 5) is 24.1. The Bertz CT molecular complexity index is 542. The van der Waals surface area contributed by atoms with Crippen molar-refractivity contribution < 1.29 is 27.9 Å². The fourth-order valence-corrected chi connectivity index (χ4v) is 2.23. The first kappa shape index (κ1) is 14.4. The Morgan fingerprint density at radius 1 is 1.25 bits per heavy atom. The van der Waals surface area contributed by atoms with E-state index in [4.69, 9.17) is 5.11 Å². The number of hydrogen-bond donors (Lipinski definition) is 1. The van der Waals surface area contributed by atoms with Crippen molar-refractivity contribution in [1.29, 1.82) is 0 Å². The zero-order chi connectivity index (χ0) is 14.9. The SMILES string of the molecule is O=C(O)C1CCN(C(=O)c2ccccc2C(F)(F)F)C1. The van der Waals surface area contributed by atoms with Gasteiger partial charge in [-0.25, -0.2) is 0 Å². The molecule has 1 fully saturated rings. The van der Waals surface area contributed by atoms with Crippen LogP contribution in [0.4, 0.5) is 13.2 Å². The van der Waals surface area contributed by atoms with Crippen LogP contribution in [0.15, 0.2) is 24.3 Å². The Labute approximate surface area is 112 Å². The molecule has 1 heterocycles. The van der Waals surface area contributed by atoms with Crippen molar-refractivity contribution in [3.63, 3.8) is 0 Å². The summed E-state index contributed by atoms with van der Waals surface area (Å²) in [6.45, 7) is 0.0996. The van der Waals surface area contributed by atoms with E-state index in [0.717, 1.165) is 17.0 Å². The normalized spacial score (nSPS) is 19.1. The molecule has 0 spiro atoms. The lowest BCUT2D eigenvalue weighted by molar-refractivity contribution is -0.141. The highest BCUT2D eigenvalue weighted by Gasteiger charge is 2.38. The molecule has 4 nitrogen and oxygen atoms in total. The smallest absolute Gasteiger partial charge is 0.417 e. The van der Waals surface area contributed by atoms with E-state index in [1.54, 1.807) is 0 Å². The molecule has 108 valence electrons. The first-order chi connectivity index (χ1) is 9.30. The number of carbonyl (C=O) groups is 2. The van der Waals surface area contributed by atoms with Crippen LogP contribution >= 0.6 is 0 Å². The molecule has 0 radical (unpaired) electrons. The number of nitrogens with zero attached hydrogens (tertiary/aromatic N) is 1. The van der Waals surface area contributed by atoms with Gasteiger partial charge in [0.2, 0.25) is 0 Å². The van der Waals surface area contributed by atoms with E-state index in [1.807, 2.05) is 0 Å². The second kappa shape index (κ2) is 5.15. The van der Waals surface area contributed by atoms with Crippen molar-refractivity contribution in [3.8, 4) is 0 Å². The number of carbonyl (C=O) groups excluding carboxylic acids is 1. The highest BCUT2D eigenvalue weighted by atomic mass is 19.4. The highest BCUT2D eigenvalue weighted by molar-refractivity contribution is 5.96. The molecule has 20 heavy (non-hydrogen) atoms. The van der Waals surface area contributed by atoms with Gasteiger partial charge in [0.15, 0.2) is 0 Å². The number of carboxylic acids is 1. The molecule has 0 aromatic heterocycles. The number of likely N-dealkylation sites (tertiary alicyclic amines) is 1. The maximum absolute atomic E-state index is 12.8. The molecule has 1 aromatic rings. The van der Waals surface area contributed by atoms with Gasteiger partial charge in [0.05, 0.1) is 17.0 Å². The van der Waals surface area contributed by atoms with E-state index in [0.29, 0.717) is 0 Å². The Kier molecular flexibility index (Phi) is 3.69. The lowest BCUT2D eigenvalue weighted by Crippen LogP contribution is -2.31. The molecular weight excluding hydrogens is 275 g/mol. The van der Waals surface area contributed by atoms with Crippen LogP contribution in [0.2, 0.25) is 0 Å². The molecule has 1 atom stereocenters. The zero-order valence-corrected chi connectivity index (χ0v) is 10.4. The lowest BCUT2D eigenvalue weighted by Gasteiger charge is -2.19. The van der Waals surface area contributed by atoms with Gasteiger partial charge in [-0.2, -0.15) is 13.2 Å². The van der Waals surface area contributed by atoms with Gasteiger partial charge in [-0.15, -0.1) is 0 Å².